The zero-order valence-electron chi connectivity index (χ0n) is 32.8. The Bertz CT molecular complexity index is 2850. The van der Waals surface area contributed by atoms with Crippen molar-refractivity contribution in [1.29, 1.82) is 0 Å². The van der Waals surface area contributed by atoms with Crippen molar-refractivity contribution >= 4 is 22.8 Å². The summed E-state index contributed by atoms with van der Waals surface area (Å²) in [5, 5.41) is 0. The Hall–Kier alpha value is -6.39. The molecule has 5 aliphatic rings. The molecule has 0 saturated carbocycles. The number of hydrogen-bond acceptors (Lipinski definition) is 3. The second-order valence-electron chi connectivity index (χ2n) is 17.0. The molecule has 0 saturated heterocycles. The number of allylic oxidation sites excluding steroid dienone is 1. The topological polar surface area (TPSA) is 24.3 Å². The molecule has 4 heteroatoms. The van der Waals surface area contributed by atoms with Crippen LogP contribution in [0.15, 0.2) is 158 Å². The van der Waals surface area contributed by atoms with Crippen LogP contribution in [-0.2, 0) is 0 Å². The predicted octanol–water partition coefficient (Wildman–Crippen LogP) is 13.1. The molecule has 1 aliphatic carbocycles. The molecule has 0 bridgehead atoms. The Morgan fingerprint density at radius 2 is 1.07 bits per heavy atom. The smallest absolute Gasteiger partial charge is 0.144 e. The van der Waals surface area contributed by atoms with Crippen LogP contribution < -0.4 is 9.80 Å². The molecule has 4 nitrogen and oxygen atoms in total. The van der Waals surface area contributed by atoms with Crippen molar-refractivity contribution in [3.05, 3.63) is 191 Å². The number of anilines is 2. The number of hydrogen-bond donors (Lipinski definition) is 0. The number of para-hydroxylation sites is 3. The Labute approximate surface area is 335 Å². The summed E-state index contributed by atoms with van der Waals surface area (Å²) >= 11 is 0. The number of nitrogens with zero attached hydrogens (tertiary/aromatic N) is 4. The van der Waals surface area contributed by atoms with Crippen LogP contribution in [0, 0.1) is 0 Å². The summed E-state index contributed by atoms with van der Waals surface area (Å²) in [6.45, 7) is 9.19. The summed E-state index contributed by atoms with van der Waals surface area (Å²) in [7, 11) is 0. The van der Waals surface area contributed by atoms with Gasteiger partial charge in [0, 0.05) is 52.0 Å². The molecule has 0 radical (unpaired) electrons. The van der Waals surface area contributed by atoms with Crippen molar-refractivity contribution < 1.29 is 0 Å². The van der Waals surface area contributed by atoms with Crippen LogP contribution >= 0.6 is 0 Å². The van der Waals surface area contributed by atoms with Gasteiger partial charge < -0.3 is 9.80 Å². The third-order valence-electron chi connectivity index (χ3n) is 13.4. The second-order valence-corrected chi connectivity index (χ2v) is 17.0. The van der Waals surface area contributed by atoms with Crippen LogP contribution in [0.3, 0.4) is 0 Å². The third kappa shape index (κ3) is 4.41. The number of benzene rings is 6. The van der Waals surface area contributed by atoms with Crippen molar-refractivity contribution in [2.75, 3.05) is 9.80 Å². The monoisotopic (exact) mass is 736 g/mol. The first kappa shape index (κ1) is 32.8. The molecular weight excluding hydrogens is 693 g/mol. The molecule has 6 aromatic carbocycles. The van der Waals surface area contributed by atoms with Crippen molar-refractivity contribution in [3.8, 4) is 39.3 Å². The van der Waals surface area contributed by atoms with Crippen molar-refractivity contribution in [2.45, 2.75) is 64.0 Å². The lowest BCUT2D eigenvalue weighted by atomic mass is 9.72. The van der Waals surface area contributed by atoms with E-state index < -0.39 is 0 Å². The molecule has 0 fully saturated rings. The van der Waals surface area contributed by atoms with E-state index in [-0.39, 0.29) is 12.1 Å². The lowest BCUT2D eigenvalue weighted by Crippen LogP contribution is -2.43. The molecule has 276 valence electrons. The SMILES string of the molecule is CC(C)c1cccc(C(C)C)c1-n1ccnc1-c1ccccc1C1C=C(C2c3cccc4c3N3C(=C5c6ccccc6-c6ccccc6N5C23)c2ccccc2-4)C1. The Kier molecular flexibility index (Phi) is 6.94. The maximum absolute atomic E-state index is 5.09. The van der Waals surface area contributed by atoms with Gasteiger partial charge in [-0.25, -0.2) is 4.98 Å². The largest absolute Gasteiger partial charge is 0.316 e. The molecule has 5 heterocycles. The van der Waals surface area contributed by atoms with Crippen LogP contribution in [0.2, 0.25) is 0 Å². The van der Waals surface area contributed by atoms with E-state index in [9.17, 15) is 0 Å². The quantitative estimate of drug-likeness (QED) is 0.159. The molecule has 7 aromatic rings. The summed E-state index contributed by atoms with van der Waals surface area (Å²) in [5.41, 5.74) is 22.8. The van der Waals surface area contributed by atoms with Crippen LogP contribution in [0.4, 0.5) is 11.4 Å². The minimum absolute atomic E-state index is 0.109. The summed E-state index contributed by atoms with van der Waals surface area (Å²) in [5.74, 6) is 2.33. The highest BCUT2D eigenvalue weighted by Gasteiger charge is 2.56. The summed E-state index contributed by atoms with van der Waals surface area (Å²) in [6.07, 6.45) is 7.87. The van der Waals surface area contributed by atoms with Gasteiger partial charge in [-0.1, -0.05) is 167 Å². The number of aromatic nitrogens is 2. The van der Waals surface area contributed by atoms with Gasteiger partial charge in [0.15, 0.2) is 0 Å². The van der Waals surface area contributed by atoms with Gasteiger partial charge in [0.1, 0.15) is 12.0 Å². The molecule has 0 amide bonds. The molecule has 1 aromatic heterocycles. The first-order valence-electron chi connectivity index (χ1n) is 20.7. The number of rotatable bonds is 6. The highest BCUT2D eigenvalue weighted by atomic mass is 15.4. The van der Waals surface area contributed by atoms with Gasteiger partial charge in [-0.05, 0) is 57.7 Å². The molecule has 12 rings (SSSR count). The highest BCUT2D eigenvalue weighted by Crippen LogP contribution is 2.66. The molecule has 57 heavy (non-hydrogen) atoms. The molecule has 0 N–H and O–H groups in total. The summed E-state index contributed by atoms with van der Waals surface area (Å²) in [4.78, 5) is 10.5. The Balaban J connectivity index is 1.01. The van der Waals surface area contributed by atoms with Crippen molar-refractivity contribution in [1.82, 2.24) is 9.55 Å². The predicted molar refractivity (Wildman–Crippen MR) is 235 cm³/mol. The van der Waals surface area contributed by atoms with E-state index in [1.807, 2.05) is 6.20 Å². The molecule has 0 spiro atoms. The van der Waals surface area contributed by atoms with Crippen molar-refractivity contribution in [3.63, 3.8) is 0 Å². The Morgan fingerprint density at radius 1 is 0.526 bits per heavy atom. The number of fused-ring (bicyclic) bond motifs is 10. The highest BCUT2D eigenvalue weighted by molar-refractivity contribution is 6.19. The molecule has 4 aliphatic heterocycles. The van der Waals surface area contributed by atoms with Gasteiger partial charge >= 0.3 is 0 Å². The van der Waals surface area contributed by atoms with E-state index in [0.717, 1.165) is 12.2 Å². The second kappa shape index (κ2) is 12.1. The van der Waals surface area contributed by atoms with Crippen molar-refractivity contribution in [2.24, 2.45) is 0 Å². The van der Waals surface area contributed by atoms with E-state index in [2.05, 4.69) is 188 Å². The first-order valence-corrected chi connectivity index (χ1v) is 20.7. The summed E-state index contributed by atoms with van der Waals surface area (Å²) < 4.78 is 2.37. The fourth-order valence-electron chi connectivity index (χ4n) is 10.9. The van der Waals surface area contributed by atoms with E-state index >= 15 is 0 Å². The summed E-state index contributed by atoms with van der Waals surface area (Å²) in [6, 6.07) is 50.0. The van der Waals surface area contributed by atoms with Gasteiger partial charge in [0.2, 0.25) is 0 Å². The van der Waals surface area contributed by atoms with E-state index in [0.29, 0.717) is 17.8 Å². The van der Waals surface area contributed by atoms with Crippen LogP contribution in [-0.4, -0.2) is 15.7 Å². The van der Waals surface area contributed by atoms with E-state index in [1.54, 1.807) is 0 Å². The zero-order valence-corrected chi connectivity index (χ0v) is 32.8. The van der Waals surface area contributed by atoms with Gasteiger partial charge in [0.25, 0.3) is 0 Å². The lowest BCUT2D eigenvalue weighted by molar-refractivity contribution is 0.573. The maximum atomic E-state index is 5.09. The fraction of sp³-hybridized carbons (Fsp3) is 0.189. The van der Waals surface area contributed by atoms with E-state index in [1.165, 1.54) is 95.2 Å². The average Bonchev–Trinajstić information content (AvgIpc) is 3.94. The lowest BCUT2D eigenvalue weighted by Gasteiger charge is -2.41. The molecule has 3 unspecified atom stereocenters. The maximum Gasteiger partial charge on any atom is 0.144 e. The van der Waals surface area contributed by atoms with Gasteiger partial charge in [-0.2, -0.15) is 0 Å². The van der Waals surface area contributed by atoms with Crippen LogP contribution in [0.5, 0.6) is 0 Å². The normalized spacial score (nSPS) is 19.3. The first-order chi connectivity index (χ1) is 28.0. The zero-order chi connectivity index (χ0) is 38.1. The fourth-order valence-corrected chi connectivity index (χ4v) is 10.9. The van der Waals surface area contributed by atoms with Gasteiger partial charge in [-0.3, -0.25) is 4.57 Å². The third-order valence-corrected chi connectivity index (χ3v) is 13.4. The minimum atomic E-state index is 0.109. The Morgan fingerprint density at radius 3 is 1.77 bits per heavy atom. The van der Waals surface area contributed by atoms with Crippen LogP contribution in [0.25, 0.3) is 50.7 Å². The van der Waals surface area contributed by atoms with E-state index in [4.69, 9.17) is 4.98 Å². The minimum Gasteiger partial charge on any atom is -0.316 e. The van der Waals surface area contributed by atoms with Crippen LogP contribution in [0.1, 0.15) is 91.2 Å². The standard InChI is InChI=1S/C53H44N4/c1-31(2)35-22-13-23-36(32(3)4)48(35)55-28-27-54-52(55)44-21-10-5-15-37(44)33-29-34(30-33)47-45-25-14-24-41-39-17-7-9-20-43(39)51-50-42-19-8-6-16-38(42)40-18-11-12-26-46(40)56(50)53(47)57(51)49(41)45/h5-29,31-33,47,53H,30H2,1-4H3. The average molecular weight is 737 g/mol. The molecular formula is C53H44N4. The van der Waals surface area contributed by atoms with Gasteiger partial charge in [-0.15, -0.1) is 0 Å². The van der Waals surface area contributed by atoms with Gasteiger partial charge in [0.05, 0.1) is 28.5 Å². The molecule has 3 atom stereocenters. The number of imidazole rings is 1.